The van der Waals surface area contributed by atoms with Crippen LogP contribution in [0.1, 0.15) is 5.76 Å². The highest BCUT2D eigenvalue weighted by atomic mass is 32.2. The molecule has 0 saturated heterocycles. The van der Waals surface area contributed by atoms with Crippen LogP contribution >= 0.6 is 0 Å². The number of nitrogens with one attached hydrogen (secondary N) is 1. The third-order valence-corrected chi connectivity index (χ3v) is 1.79. The fourth-order valence-electron chi connectivity index (χ4n) is 0.609. The summed E-state index contributed by atoms with van der Waals surface area (Å²) in [7, 11) is -4.32. The number of hydrogen-bond donors (Lipinski definition) is 2. The molecule has 0 fully saturated rings. The lowest BCUT2D eigenvalue weighted by Gasteiger charge is -1.86. The highest BCUT2D eigenvalue weighted by molar-refractivity contribution is 7.85. The van der Waals surface area contributed by atoms with Crippen LogP contribution in [0.5, 0.6) is 0 Å². The highest BCUT2D eigenvalue weighted by Gasteiger charge is 2.14. The van der Waals surface area contributed by atoms with Crippen LogP contribution in [0.15, 0.2) is 21.6 Å². The van der Waals surface area contributed by atoms with E-state index in [4.69, 9.17) is 4.55 Å². The molecule has 0 unspecified atom stereocenters. The molecular formula is C5H5NO5S. The van der Waals surface area contributed by atoms with Crippen LogP contribution in [0.2, 0.25) is 0 Å². The summed E-state index contributed by atoms with van der Waals surface area (Å²) < 4.78 is 33.8. The van der Waals surface area contributed by atoms with Gasteiger partial charge in [0.05, 0.1) is 0 Å². The first-order valence-electron chi connectivity index (χ1n) is 2.82. The van der Waals surface area contributed by atoms with Crippen LogP contribution in [0, 0.1) is 5.21 Å². The molecule has 0 aromatic carbocycles. The maximum Gasteiger partial charge on any atom is 0.328 e. The lowest BCUT2D eigenvalue weighted by Crippen LogP contribution is -2.60. The summed E-state index contributed by atoms with van der Waals surface area (Å²) in [6.45, 7) is 0. The Kier molecular flexibility index (Phi) is 2.15. The van der Waals surface area contributed by atoms with Gasteiger partial charge in [0.2, 0.25) is 11.3 Å². The van der Waals surface area contributed by atoms with Gasteiger partial charge in [-0.2, -0.15) is 8.42 Å². The smallest absolute Gasteiger partial charge is 0.328 e. The molecule has 1 aromatic heterocycles. The minimum Gasteiger partial charge on any atom is -0.625 e. The van der Waals surface area contributed by atoms with Crippen molar-refractivity contribution in [2.75, 3.05) is 0 Å². The summed E-state index contributed by atoms with van der Waals surface area (Å²) in [5, 5.41) is 10.6. The summed E-state index contributed by atoms with van der Waals surface area (Å²) in [6.07, 6.45) is 0.911. The van der Waals surface area contributed by atoms with Gasteiger partial charge in [0, 0.05) is 0 Å². The third kappa shape index (κ3) is 1.83. The maximum absolute atomic E-state index is 10.4. The fraction of sp³-hybridized carbons (Fsp3) is 0. The van der Waals surface area contributed by atoms with Crippen molar-refractivity contribution in [1.82, 2.24) is 0 Å². The van der Waals surface area contributed by atoms with E-state index in [1.54, 1.807) is 0 Å². The van der Waals surface area contributed by atoms with Crippen molar-refractivity contribution in [3.05, 3.63) is 23.1 Å². The third-order valence-electron chi connectivity index (χ3n) is 1.06. The predicted molar refractivity (Wildman–Crippen MR) is 38.0 cm³/mol. The fourth-order valence-corrected chi connectivity index (χ4v) is 1.05. The first-order valence-corrected chi connectivity index (χ1v) is 4.26. The van der Waals surface area contributed by atoms with E-state index in [1.165, 1.54) is 11.2 Å². The Morgan fingerprint density at radius 1 is 1.58 bits per heavy atom. The predicted octanol–water partition coefficient (Wildman–Crippen LogP) is -1.48. The van der Waals surface area contributed by atoms with Crippen molar-refractivity contribution in [1.29, 1.82) is 0 Å². The molecular weight excluding hydrogens is 186 g/mol. The maximum atomic E-state index is 10.4. The summed E-state index contributed by atoms with van der Waals surface area (Å²) >= 11 is 0. The largest absolute Gasteiger partial charge is 0.625 e. The molecule has 0 bridgehead atoms. The number of hydrogen-bond acceptors (Lipinski definition) is 4. The summed E-state index contributed by atoms with van der Waals surface area (Å²) in [4.78, 5) is 0. The molecule has 0 amide bonds. The van der Waals surface area contributed by atoms with Crippen LogP contribution in [-0.2, 0) is 10.1 Å². The van der Waals surface area contributed by atoms with Gasteiger partial charge < -0.3 is 9.62 Å². The topological polar surface area (TPSA) is 105 Å². The van der Waals surface area contributed by atoms with E-state index in [0.29, 0.717) is 0 Å². The second-order valence-electron chi connectivity index (χ2n) is 1.89. The molecule has 1 aromatic rings. The minimum atomic E-state index is -4.32. The lowest BCUT2D eigenvalue weighted by atomic mass is 10.5. The molecule has 1 rings (SSSR count). The van der Waals surface area contributed by atoms with Gasteiger partial charge in [0.15, 0.2) is 5.76 Å². The Morgan fingerprint density at radius 2 is 2.25 bits per heavy atom. The average molecular weight is 191 g/mol. The summed E-state index contributed by atoms with van der Waals surface area (Å²) in [5.41, 5.74) is 0. The Balaban J connectivity index is 3.08. The van der Waals surface area contributed by atoms with Crippen LogP contribution in [0.3, 0.4) is 0 Å². The normalized spacial score (nSPS) is 12.4. The van der Waals surface area contributed by atoms with E-state index in [1.807, 2.05) is 0 Å². The standard InChI is InChI=1S/C5H5NO5S/c7-6-3-4-1-2-5(11-4)12(8,9)10/h1-3,6H,(H-,7,8,9,10). The molecule has 1 heterocycles. The zero-order chi connectivity index (χ0) is 9.19. The second kappa shape index (κ2) is 2.95. The van der Waals surface area contributed by atoms with Gasteiger partial charge in [-0.3, -0.25) is 4.55 Å². The van der Waals surface area contributed by atoms with E-state index < -0.39 is 15.2 Å². The molecule has 2 N–H and O–H groups in total. The quantitative estimate of drug-likeness (QED) is 0.257. The number of rotatable bonds is 2. The van der Waals surface area contributed by atoms with E-state index in [-0.39, 0.29) is 5.76 Å². The molecule has 0 aliphatic heterocycles. The van der Waals surface area contributed by atoms with Gasteiger partial charge in [0.25, 0.3) is 0 Å². The van der Waals surface area contributed by atoms with Gasteiger partial charge in [-0.15, -0.1) is 0 Å². The lowest BCUT2D eigenvalue weighted by molar-refractivity contribution is -0.367. The first kappa shape index (κ1) is 8.75. The summed E-state index contributed by atoms with van der Waals surface area (Å²) in [5.74, 6) is 0.0256. The zero-order valence-electron chi connectivity index (χ0n) is 5.72. The van der Waals surface area contributed by atoms with Gasteiger partial charge in [-0.25, -0.2) is 5.16 Å². The van der Waals surface area contributed by atoms with Crippen LogP contribution in [0.25, 0.3) is 0 Å². The van der Waals surface area contributed by atoms with Crippen molar-refractivity contribution in [3.63, 3.8) is 0 Å². The van der Waals surface area contributed by atoms with Crippen LogP contribution in [-0.4, -0.2) is 19.2 Å². The molecule has 6 nitrogen and oxygen atoms in total. The van der Waals surface area contributed by atoms with Crippen molar-refractivity contribution in [3.8, 4) is 0 Å². The molecule has 0 radical (unpaired) electrons. The first-order chi connectivity index (χ1) is 5.54. The Morgan fingerprint density at radius 3 is 2.67 bits per heavy atom. The van der Waals surface area contributed by atoms with Crippen molar-refractivity contribution in [2.45, 2.75) is 5.09 Å². The molecule has 0 aliphatic rings. The van der Waals surface area contributed by atoms with Crippen LogP contribution in [0.4, 0.5) is 0 Å². The van der Waals surface area contributed by atoms with Gasteiger partial charge >= 0.3 is 10.1 Å². The molecule has 0 atom stereocenters. The SMILES string of the molecule is O=S(=O)(O)c1ccc(C=[NH+][O-])o1. The van der Waals surface area contributed by atoms with E-state index >= 15 is 0 Å². The van der Waals surface area contributed by atoms with E-state index in [2.05, 4.69) is 4.42 Å². The Labute approximate surface area is 67.9 Å². The molecule has 0 aliphatic carbocycles. The molecule has 7 heteroatoms. The van der Waals surface area contributed by atoms with Gasteiger partial charge in [-0.05, 0) is 12.1 Å². The number of furan rings is 1. The molecule has 66 valence electrons. The minimum absolute atomic E-state index is 0.0256. The van der Waals surface area contributed by atoms with Gasteiger partial charge in [0.1, 0.15) is 0 Å². The Bertz CT molecular complexity index is 390. The van der Waals surface area contributed by atoms with Gasteiger partial charge in [-0.1, -0.05) is 0 Å². The monoisotopic (exact) mass is 191 g/mol. The molecule has 12 heavy (non-hydrogen) atoms. The van der Waals surface area contributed by atoms with Crippen molar-refractivity contribution >= 4 is 16.3 Å². The van der Waals surface area contributed by atoms with Crippen molar-refractivity contribution < 1.29 is 22.5 Å². The van der Waals surface area contributed by atoms with E-state index in [0.717, 1.165) is 12.3 Å². The Hall–Kier alpha value is -1.34. The zero-order valence-corrected chi connectivity index (χ0v) is 6.54. The molecule has 0 saturated carbocycles. The van der Waals surface area contributed by atoms with E-state index in [9.17, 15) is 13.6 Å². The van der Waals surface area contributed by atoms with Crippen molar-refractivity contribution in [2.24, 2.45) is 0 Å². The second-order valence-corrected chi connectivity index (χ2v) is 3.25. The average Bonchev–Trinajstić information content (AvgIpc) is 2.35. The van der Waals surface area contributed by atoms with Crippen LogP contribution < -0.4 is 5.16 Å². The highest BCUT2D eigenvalue weighted by Crippen LogP contribution is 2.10. The summed E-state index contributed by atoms with van der Waals surface area (Å²) in [6, 6.07) is 2.27. The molecule has 0 spiro atoms.